The molecule has 0 aliphatic rings. The third-order valence-corrected chi connectivity index (χ3v) is 0. The summed E-state index contributed by atoms with van der Waals surface area (Å²) < 4.78 is 8.25. The standard InChI is InChI=1S/Ce.Fe.H2O.O.Ti/h;;1H2;;. The van der Waals surface area contributed by atoms with Crippen molar-refractivity contribution < 1.29 is 88.0 Å². The Hall–Kier alpha value is 2.37. The Morgan fingerprint density at radius 1 is 1.20 bits per heavy atom. The molecule has 0 amide bonds. The first-order valence-corrected chi connectivity index (χ1v) is 0.842. The van der Waals surface area contributed by atoms with Gasteiger partial charge in [0.15, 0.2) is 0 Å². The second-order valence-electron chi connectivity index (χ2n) is 0. The van der Waals surface area contributed by atoms with Crippen LogP contribution in [-0.4, -0.2) is 5.48 Å². The fourth-order valence-electron chi connectivity index (χ4n) is 0. The van der Waals surface area contributed by atoms with Gasteiger partial charge >= 0.3 is 23.7 Å². The van der Waals surface area contributed by atoms with Crippen LogP contribution in [0, 0.1) is 41.7 Å². The minimum atomic E-state index is 0. The monoisotopic (exact) mass is 278 g/mol. The Morgan fingerprint density at radius 3 is 1.20 bits per heavy atom. The van der Waals surface area contributed by atoms with Gasteiger partial charge in [0, 0.05) is 58.8 Å². The molecule has 0 unspecified atom stereocenters. The molecule has 0 radical (unpaired) electrons. The van der Waals surface area contributed by atoms with Gasteiger partial charge in [-0.05, 0) is 0 Å². The van der Waals surface area contributed by atoms with Crippen molar-refractivity contribution in [1.82, 2.24) is 0 Å². The molecule has 0 bridgehead atoms. The maximum absolute atomic E-state index is 8.25. The van der Waals surface area contributed by atoms with Crippen LogP contribution in [0.2, 0.25) is 0 Å². The molecule has 2 N–H and O–H groups in total. The molecule has 0 saturated carbocycles. The fraction of sp³-hybridized carbons (Fsp3) is 0. The molecule has 0 aromatic rings. The summed E-state index contributed by atoms with van der Waals surface area (Å²) in [6.45, 7) is 0. The average Bonchev–Trinajstić information content (AvgIpc) is 1.00. The first-order chi connectivity index (χ1) is 1.00. The van der Waals surface area contributed by atoms with E-state index in [9.17, 15) is 0 Å². The molecule has 0 aromatic heterocycles. The van der Waals surface area contributed by atoms with Gasteiger partial charge < -0.3 is 5.48 Å². The first-order valence-electron chi connectivity index (χ1n) is 0.204. The van der Waals surface area contributed by atoms with E-state index >= 15 is 0 Å². The zero-order chi connectivity index (χ0) is 2.00. The van der Waals surface area contributed by atoms with Crippen LogP contribution in [0.25, 0.3) is 0 Å². The molecule has 0 aliphatic carbocycles. The number of rotatable bonds is 0. The molecule has 0 heterocycles. The number of hydrogen-bond acceptors (Lipinski definition) is 1. The van der Waals surface area contributed by atoms with Gasteiger partial charge in [0.1, 0.15) is 0 Å². The molecule has 0 saturated heterocycles. The van der Waals surface area contributed by atoms with Crippen LogP contribution in [0.1, 0.15) is 0 Å². The Labute approximate surface area is 86.3 Å². The van der Waals surface area contributed by atoms with Gasteiger partial charge in [0.05, 0.1) is 0 Å². The molecular weight excluding hydrogens is 276 g/mol. The molecule has 0 rings (SSSR count). The normalized spacial score (nSPS) is 0.600. The van der Waals surface area contributed by atoms with Crippen molar-refractivity contribution in [2.45, 2.75) is 0 Å². The zero-order valence-corrected chi connectivity index (χ0v) is 8.07. The average molecular weight is 278 g/mol. The van der Waals surface area contributed by atoms with E-state index in [1.165, 1.54) is 0 Å². The van der Waals surface area contributed by atoms with Gasteiger partial charge in [0.25, 0.3) is 0 Å². The summed E-state index contributed by atoms with van der Waals surface area (Å²) >= 11 is 0.750. The second-order valence-corrected chi connectivity index (χ2v) is 0. The van der Waals surface area contributed by atoms with Crippen LogP contribution < -0.4 is 0 Å². The van der Waals surface area contributed by atoms with E-state index in [1.54, 1.807) is 0 Å². The molecule has 2 nitrogen and oxygen atoms in total. The number of hydrogen-bond donors (Lipinski definition) is 0. The zero-order valence-electron chi connectivity index (χ0n) is 2.26. The molecule has 5 heteroatoms. The Kier molecular flexibility index (Phi) is 172. The van der Waals surface area contributed by atoms with Crippen molar-refractivity contribution in [3.05, 3.63) is 0 Å². The van der Waals surface area contributed by atoms with Crippen molar-refractivity contribution >= 4 is 0 Å². The summed E-state index contributed by atoms with van der Waals surface area (Å²) in [7, 11) is 0. The molecule has 0 spiro atoms. The molecule has 0 aromatic carbocycles. The van der Waals surface area contributed by atoms with Crippen molar-refractivity contribution in [2.24, 2.45) is 0 Å². The van der Waals surface area contributed by atoms with Gasteiger partial charge in [0.2, 0.25) is 0 Å². The van der Waals surface area contributed by atoms with Crippen molar-refractivity contribution in [3.8, 4) is 0 Å². The van der Waals surface area contributed by atoms with Crippen LogP contribution >= 0.6 is 0 Å². The van der Waals surface area contributed by atoms with E-state index in [-0.39, 0.29) is 64.3 Å². The third-order valence-electron chi connectivity index (χ3n) is 0. The van der Waals surface area contributed by atoms with E-state index in [2.05, 4.69) is 0 Å². The predicted molar refractivity (Wildman–Crippen MR) is 4.30 cm³/mol. The first kappa shape index (κ1) is 26.3. The van der Waals surface area contributed by atoms with E-state index in [0.29, 0.717) is 0 Å². The second kappa shape index (κ2) is 32.7. The van der Waals surface area contributed by atoms with Crippen molar-refractivity contribution in [1.29, 1.82) is 0 Å². The molecule has 0 aliphatic heterocycles. The quantitative estimate of drug-likeness (QED) is 0.527. The van der Waals surface area contributed by atoms with E-state index < -0.39 is 0 Å². The van der Waals surface area contributed by atoms with Gasteiger partial charge in [-0.25, -0.2) is 0 Å². The van der Waals surface area contributed by atoms with Crippen molar-refractivity contribution in [3.63, 3.8) is 0 Å². The van der Waals surface area contributed by atoms with Crippen LogP contribution in [0.4, 0.5) is 0 Å². The van der Waals surface area contributed by atoms with Crippen LogP contribution in [-0.2, 0) is 40.8 Å². The van der Waals surface area contributed by atoms with Crippen LogP contribution in [0.15, 0.2) is 0 Å². The van der Waals surface area contributed by atoms with E-state index in [4.69, 9.17) is 3.32 Å². The van der Waals surface area contributed by atoms with Crippen molar-refractivity contribution in [2.75, 3.05) is 0 Å². The third kappa shape index (κ3) is 21.7. The van der Waals surface area contributed by atoms with Gasteiger partial charge in [-0.15, -0.1) is 0 Å². The molecule has 5 heavy (non-hydrogen) atoms. The molecule has 0 fully saturated rings. The Morgan fingerprint density at radius 2 is 1.20 bits per heavy atom. The van der Waals surface area contributed by atoms with E-state index in [1.807, 2.05) is 0 Å². The van der Waals surface area contributed by atoms with E-state index in [0.717, 1.165) is 20.4 Å². The molecule has 0 atom stereocenters. The summed E-state index contributed by atoms with van der Waals surface area (Å²) in [6, 6.07) is 0. The summed E-state index contributed by atoms with van der Waals surface area (Å²) in [6.07, 6.45) is 0. The predicted octanol–water partition coefficient (Wildman–Crippen LogP) is -0.949. The molecule has 30 valence electrons. The van der Waals surface area contributed by atoms with Gasteiger partial charge in [-0.1, -0.05) is 0 Å². The van der Waals surface area contributed by atoms with Crippen LogP contribution in [0.3, 0.4) is 0 Å². The summed E-state index contributed by atoms with van der Waals surface area (Å²) in [4.78, 5) is 0. The van der Waals surface area contributed by atoms with Gasteiger partial charge in [-0.3, -0.25) is 0 Å². The fourth-order valence-corrected chi connectivity index (χ4v) is 0. The van der Waals surface area contributed by atoms with Gasteiger partial charge in [-0.2, -0.15) is 0 Å². The summed E-state index contributed by atoms with van der Waals surface area (Å²) in [5.41, 5.74) is 0. The Bertz CT molecular complexity index is 9.61. The Balaban J connectivity index is -0.00000000167. The summed E-state index contributed by atoms with van der Waals surface area (Å²) in [5, 5.41) is 0. The maximum atomic E-state index is 8.25. The van der Waals surface area contributed by atoms with Crippen LogP contribution in [0.5, 0.6) is 0 Å². The minimum absolute atomic E-state index is 0. The molecular formula is H2CeFeO2Ti. The SMILES string of the molecule is O.[Ce].[Fe].[O]=[Ti]. The summed E-state index contributed by atoms with van der Waals surface area (Å²) in [5.74, 6) is 0. The topological polar surface area (TPSA) is 48.6 Å².